The third-order valence-electron chi connectivity index (χ3n) is 2.50. The van der Waals surface area contributed by atoms with Gasteiger partial charge in [-0.3, -0.25) is 9.48 Å². The van der Waals surface area contributed by atoms with Gasteiger partial charge in [-0.05, 0) is 17.7 Å². The number of carbonyl (C=O) groups excluding carboxylic acids is 1. The number of hydrogen-bond acceptors (Lipinski definition) is 3. The Morgan fingerprint density at radius 3 is 2.67 bits per heavy atom. The maximum atomic E-state index is 12.7. The van der Waals surface area contributed by atoms with Crippen molar-refractivity contribution >= 4 is 11.7 Å². The fourth-order valence-corrected chi connectivity index (χ4v) is 1.58. The first-order valence-corrected chi connectivity index (χ1v) is 5.38. The molecule has 2 rings (SSSR count). The fraction of sp³-hybridized carbons (Fsp3) is 0.167. The van der Waals surface area contributed by atoms with E-state index in [4.69, 9.17) is 5.73 Å². The van der Waals surface area contributed by atoms with Crippen LogP contribution in [0.3, 0.4) is 0 Å². The smallest absolute Gasteiger partial charge is 0.269 e. The first-order chi connectivity index (χ1) is 8.56. The minimum absolute atomic E-state index is 0.272. The zero-order valence-corrected chi connectivity index (χ0v) is 9.85. The van der Waals surface area contributed by atoms with E-state index in [1.165, 1.54) is 22.9 Å². The zero-order chi connectivity index (χ0) is 13.1. The average Bonchev–Trinajstić information content (AvgIpc) is 2.67. The van der Waals surface area contributed by atoms with Crippen molar-refractivity contribution in [3.8, 4) is 0 Å². The van der Waals surface area contributed by atoms with E-state index in [1.807, 2.05) is 0 Å². The van der Waals surface area contributed by atoms with Gasteiger partial charge in [0.25, 0.3) is 5.91 Å². The number of aryl methyl sites for hydroxylation is 1. The predicted molar refractivity (Wildman–Crippen MR) is 65.2 cm³/mol. The van der Waals surface area contributed by atoms with Gasteiger partial charge in [0.2, 0.25) is 0 Å². The molecule has 0 unspecified atom stereocenters. The molecule has 0 radical (unpaired) electrons. The van der Waals surface area contributed by atoms with Crippen molar-refractivity contribution in [3.05, 3.63) is 47.4 Å². The number of benzene rings is 1. The van der Waals surface area contributed by atoms with E-state index >= 15 is 0 Å². The fourth-order valence-electron chi connectivity index (χ4n) is 1.58. The van der Waals surface area contributed by atoms with Crippen molar-refractivity contribution < 1.29 is 9.18 Å². The Morgan fingerprint density at radius 2 is 2.11 bits per heavy atom. The van der Waals surface area contributed by atoms with Crippen LogP contribution in [0.25, 0.3) is 0 Å². The summed E-state index contributed by atoms with van der Waals surface area (Å²) in [4.78, 5) is 11.8. The highest BCUT2D eigenvalue weighted by Gasteiger charge is 2.11. The Kier molecular flexibility index (Phi) is 3.27. The van der Waals surface area contributed by atoms with Crippen molar-refractivity contribution in [2.75, 3.05) is 5.73 Å². The van der Waals surface area contributed by atoms with Crippen LogP contribution < -0.4 is 11.1 Å². The lowest BCUT2D eigenvalue weighted by Crippen LogP contribution is -2.25. The van der Waals surface area contributed by atoms with Crippen LogP contribution in [0.4, 0.5) is 10.2 Å². The summed E-state index contributed by atoms with van der Waals surface area (Å²) in [5.74, 6) is -0.278. The number of nitrogen functional groups attached to an aromatic ring is 1. The molecule has 0 fully saturated rings. The van der Waals surface area contributed by atoms with Crippen LogP contribution in [0.5, 0.6) is 0 Å². The van der Waals surface area contributed by atoms with Crippen LogP contribution >= 0.6 is 0 Å². The van der Waals surface area contributed by atoms with Gasteiger partial charge in [-0.2, -0.15) is 5.10 Å². The molecule has 3 N–H and O–H groups in total. The minimum atomic E-state index is -0.301. The highest BCUT2D eigenvalue weighted by molar-refractivity contribution is 5.93. The van der Waals surface area contributed by atoms with E-state index in [9.17, 15) is 9.18 Å². The molecule has 6 heteroatoms. The summed E-state index contributed by atoms with van der Waals surface area (Å²) < 4.78 is 14.1. The van der Waals surface area contributed by atoms with Crippen molar-refractivity contribution in [2.24, 2.45) is 7.05 Å². The Morgan fingerprint density at radius 1 is 1.44 bits per heavy atom. The van der Waals surface area contributed by atoms with Crippen molar-refractivity contribution in [2.45, 2.75) is 6.54 Å². The molecule has 0 atom stereocenters. The number of hydrogen-bond donors (Lipinski definition) is 2. The highest BCUT2D eigenvalue weighted by Crippen LogP contribution is 2.06. The Hall–Kier alpha value is -2.37. The maximum Gasteiger partial charge on any atom is 0.269 e. The molecular weight excluding hydrogens is 235 g/mol. The number of carbonyl (C=O) groups is 1. The average molecular weight is 248 g/mol. The largest absolute Gasteiger partial charge is 0.382 e. The molecule has 1 amide bonds. The lowest BCUT2D eigenvalue weighted by atomic mass is 10.2. The molecule has 2 aromatic rings. The van der Waals surface area contributed by atoms with E-state index in [2.05, 4.69) is 10.4 Å². The molecule has 18 heavy (non-hydrogen) atoms. The lowest BCUT2D eigenvalue weighted by Gasteiger charge is -2.05. The van der Waals surface area contributed by atoms with E-state index in [1.54, 1.807) is 19.2 Å². The molecule has 5 nitrogen and oxygen atoms in total. The van der Waals surface area contributed by atoms with Crippen LogP contribution in [0.2, 0.25) is 0 Å². The van der Waals surface area contributed by atoms with Gasteiger partial charge in [-0.25, -0.2) is 4.39 Å². The minimum Gasteiger partial charge on any atom is -0.382 e. The molecule has 0 saturated carbocycles. The van der Waals surface area contributed by atoms with E-state index < -0.39 is 0 Å². The van der Waals surface area contributed by atoms with Gasteiger partial charge in [0.05, 0.1) is 0 Å². The predicted octanol–water partition coefficient (Wildman–Crippen LogP) is 1.07. The monoisotopic (exact) mass is 248 g/mol. The van der Waals surface area contributed by atoms with Crippen molar-refractivity contribution in [1.29, 1.82) is 0 Å². The summed E-state index contributed by atoms with van der Waals surface area (Å²) in [5, 5.41) is 6.59. The Bertz CT molecular complexity index is 562. The van der Waals surface area contributed by atoms with Gasteiger partial charge in [0, 0.05) is 19.7 Å². The zero-order valence-electron chi connectivity index (χ0n) is 9.85. The molecule has 1 aromatic heterocycles. The number of aromatic nitrogens is 2. The number of anilines is 1. The first-order valence-electron chi connectivity index (χ1n) is 5.38. The van der Waals surface area contributed by atoms with Crippen LogP contribution in [-0.2, 0) is 13.6 Å². The van der Waals surface area contributed by atoms with E-state index in [-0.39, 0.29) is 11.7 Å². The molecule has 0 saturated heterocycles. The Balaban J connectivity index is 2.00. The molecule has 0 spiro atoms. The summed E-state index contributed by atoms with van der Waals surface area (Å²) in [6, 6.07) is 7.44. The second kappa shape index (κ2) is 4.87. The molecule has 0 aliphatic carbocycles. The topological polar surface area (TPSA) is 72.9 Å². The van der Waals surface area contributed by atoms with E-state index in [0.29, 0.717) is 18.1 Å². The summed E-state index contributed by atoms with van der Waals surface area (Å²) >= 11 is 0. The SMILES string of the molecule is Cn1nc(N)cc1C(=O)NCc1ccc(F)cc1. The molecule has 0 aliphatic rings. The van der Waals surface area contributed by atoms with E-state index in [0.717, 1.165) is 5.56 Å². The summed E-state index contributed by atoms with van der Waals surface area (Å²) in [7, 11) is 1.64. The summed E-state index contributed by atoms with van der Waals surface area (Å²) in [6.45, 7) is 0.324. The number of amides is 1. The quantitative estimate of drug-likeness (QED) is 0.853. The van der Waals surface area contributed by atoms with Gasteiger partial charge >= 0.3 is 0 Å². The number of nitrogens with one attached hydrogen (secondary N) is 1. The number of nitrogens with two attached hydrogens (primary N) is 1. The highest BCUT2D eigenvalue weighted by atomic mass is 19.1. The van der Waals surface area contributed by atoms with Gasteiger partial charge in [0.1, 0.15) is 17.3 Å². The lowest BCUT2D eigenvalue weighted by molar-refractivity contribution is 0.0941. The second-order valence-corrected chi connectivity index (χ2v) is 3.89. The van der Waals surface area contributed by atoms with Gasteiger partial charge in [0.15, 0.2) is 0 Å². The van der Waals surface area contributed by atoms with Crippen LogP contribution in [0, 0.1) is 5.82 Å². The molecule has 1 heterocycles. The van der Waals surface area contributed by atoms with Gasteiger partial charge in [-0.15, -0.1) is 0 Å². The Labute approximate surface area is 103 Å². The number of nitrogens with zero attached hydrogens (tertiary/aromatic N) is 2. The van der Waals surface area contributed by atoms with Crippen molar-refractivity contribution in [1.82, 2.24) is 15.1 Å². The summed E-state index contributed by atoms with van der Waals surface area (Å²) in [5.41, 5.74) is 6.69. The maximum absolute atomic E-state index is 12.7. The first kappa shape index (κ1) is 12.1. The molecule has 1 aromatic carbocycles. The van der Waals surface area contributed by atoms with Gasteiger partial charge < -0.3 is 11.1 Å². The number of halogens is 1. The molecule has 0 aliphatic heterocycles. The summed E-state index contributed by atoms with van der Waals surface area (Å²) in [6.07, 6.45) is 0. The standard InChI is InChI=1S/C12H13FN4O/c1-17-10(6-11(14)16-17)12(18)15-7-8-2-4-9(13)5-3-8/h2-6H,7H2,1H3,(H2,14,16)(H,15,18). The molecular formula is C12H13FN4O. The molecule has 0 bridgehead atoms. The van der Waals surface area contributed by atoms with Crippen LogP contribution in [-0.4, -0.2) is 15.7 Å². The number of rotatable bonds is 3. The molecule has 94 valence electrons. The van der Waals surface area contributed by atoms with Crippen LogP contribution in [0.15, 0.2) is 30.3 Å². The van der Waals surface area contributed by atoms with Crippen LogP contribution in [0.1, 0.15) is 16.1 Å². The third kappa shape index (κ3) is 2.65. The van der Waals surface area contributed by atoms with Gasteiger partial charge in [-0.1, -0.05) is 12.1 Å². The second-order valence-electron chi connectivity index (χ2n) is 3.89. The normalized spacial score (nSPS) is 10.3. The van der Waals surface area contributed by atoms with Crippen molar-refractivity contribution in [3.63, 3.8) is 0 Å². The third-order valence-corrected chi connectivity index (χ3v) is 2.50.